The molecule has 2 rings (SSSR count). The molecule has 1 atom stereocenters. The van der Waals surface area contributed by atoms with Crippen LogP contribution in [0.2, 0.25) is 0 Å². The maximum Gasteiger partial charge on any atom is 0.161 e. The highest BCUT2D eigenvalue weighted by Gasteiger charge is 2.19. The smallest absolute Gasteiger partial charge is 0.161 e. The van der Waals surface area contributed by atoms with E-state index in [-0.39, 0.29) is 6.10 Å². The fraction of sp³-hybridized carbons (Fsp3) is 0.538. The first-order valence-electron chi connectivity index (χ1n) is 5.99. The van der Waals surface area contributed by atoms with Gasteiger partial charge >= 0.3 is 0 Å². The highest BCUT2D eigenvalue weighted by atomic mass is 16.6. The van der Waals surface area contributed by atoms with Gasteiger partial charge in [-0.3, -0.25) is 0 Å². The summed E-state index contributed by atoms with van der Waals surface area (Å²) in [4.78, 5) is 2.15. The molecule has 1 aliphatic heterocycles. The van der Waals surface area contributed by atoms with Crippen LogP contribution in [0, 0.1) is 0 Å². The number of rotatable bonds is 5. The number of para-hydroxylation sites is 2. The number of likely N-dealkylation sites (N-methyl/N-ethyl adjacent to an activating group) is 1. The molecular formula is C13H20N2O2. The Balaban J connectivity index is 1.75. The molecule has 1 heterocycles. The third-order valence-corrected chi connectivity index (χ3v) is 2.68. The molecule has 0 saturated heterocycles. The van der Waals surface area contributed by atoms with Crippen molar-refractivity contribution in [1.29, 1.82) is 0 Å². The number of nitrogens with one attached hydrogen (secondary N) is 1. The summed E-state index contributed by atoms with van der Waals surface area (Å²) in [6, 6.07) is 7.80. The molecule has 1 aromatic carbocycles. The van der Waals surface area contributed by atoms with Gasteiger partial charge in [0.15, 0.2) is 11.5 Å². The first kappa shape index (κ1) is 12.2. The lowest BCUT2D eigenvalue weighted by Gasteiger charge is -2.26. The summed E-state index contributed by atoms with van der Waals surface area (Å²) in [5.41, 5.74) is 0. The largest absolute Gasteiger partial charge is 0.486 e. The topological polar surface area (TPSA) is 33.7 Å². The molecule has 94 valence electrons. The Morgan fingerprint density at radius 1 is 1.29 bits per heavy atom. The molecular weight excluding hydrogens is 216 g/mol. The summed E-state index contributed by atoms with van der Waals surface area (Å²) >= 11 is 0. The monoisotopic (exact) mass is 236 g/mol. The van der Waals surface area contributed by atoms with E-state index in [4.69, 9.17) is 9.47 Å². The zero-order valence-electron chi connectivity index (χ0n) is 10.5. The number of ether oxygens (including phenoxy) is 2. The normalized spacial score (nSPS) is 18.4. The summed E-state index contributed by atoms with van der Waals surface area (Å²) < 4.78 is 11.5. The number of hydrogen-bond donors (Lipinski definition) is 1. The van der Waals surface area contributed by atoms with Gasteiger partial charge in [0.1, 0.15) is 12.7 Å². The molecule has 0 aromatic heterocycles. The summed E-state index contributed by atoms with van der Waals surface area (Å²) in [5, 5.41) is 3.37. The summed E-state index contributed by atoms with van der Waals surface area (Å²) in [5.74, 6) is 1.69. The van der Waals surface area contributed by atoms with Crippen molar-refractivity contribution in [2.24, 2.45) is 0 Å². The van der Waals surface area contributed by atoms with Crippen molar-refractivity contribution in [1.82, 2.24) is 10.2 Å². The van der Waals surface area contributed by atoms with Crippen LogP contribution in [-0.4, -0.2) is 51.3 Å². The van der Waals surface area contributed by atoms with E-state index in [0.717, 1.165) is 31.1 Å². The molecule has 1 aliphatic rings. The molecule has 0 fully saturated rings. The Morgan fingerprint density at radius 2 is 2.06 bits per heavy atom. The van der Waals surface area contributed by atoms with Gasteiger partial charge < -0.3 is 19.7 Å². The minimum Gasteiger partial charge on any atom is -0.486 e. The molecule has 1 aromatic rings. The molecule has 4 nitrogen and oxygen atoms in total. The van der Waals surface area contributed by atoms with Gasteiger partial charge in [0.05, 0.1) is 0 Å². The highest BCUT2D eigenvalue weighted by Crippen LogP contribution is 2.30. The number of benzene rings is 1. The third kappa shape index (κ3) is 3.61. The van der Waals surface area contributed by atoms with Gasteiger partial charge in [-0.2, -0.15) is 0 Å². The fourth-order valence-electron chi connectivity index (χ4n) is 1.73. The van der Waals surface area contributed by atoms with Crippen molar-refractivity contribution < 1.29 is 9.47 Å². The summed E-state index contributed by atoms with van der Waals surface area (Å²) in [7, 11) is 4.14. The van der Waals surface area contributed by atoms with Crippen LogP contribution in [0.25, 0.3) is 0 Å². The second-order valence-electron chi connectivity index (χ2n) is 4.50. The molecule has 0 radical (unpaired) electrons. The van der Waals surface area contributed by atoms with Crippen LogP contribution in [-0.2, 0) is 0 Å². The molecule has 1 N–H and O–H groups in total. The fourth-order valence-corrected chi connectivity index (χ4v) is 1.73. The maximum absolute atomic E-state index is 5.84. The number of hydrogen-bond acceptors (Lipinski definition) is 4. The van der Waals surface area contributed by atoms with E-state index >= 15 is 0 Å². The first-order valence-corrected chi connectivity index (χ1v) is 5.99. The van der Waals surface area contributed by atoms with Crippen LogP contribution in [0.3, 0.4) is 0 Å². The zero-order chi connectivity index (χ0) is 12.1. The van der Waals surface area contributed by atoms with E-state index in [9.17, 15) is 0 Å². The van der Waals surface area contributed by atoms with Gasteiger partial charge in [-0.25, -0.2) is 0 Å². The van der Waals surface area contributed by atoms with Gasteiger partial charge in [-0.15, -0.1) is 0 Å². The third-order valence-electron chi connectivity index (χ3n) is 2.68. The lowest BCUT2D eigenvalue weighted by molar-refractivity contribution is 0.0902. The van der Waals surface area contributed by atoms with Crippen LogP contribution in [0.15, 0.2) is 24.3 Å². The van der Waals surface area contributed by atoms with Gasteiger partial charge in [0.2, 0.25) is 0 Å². The van der Waals surface area contributed by atoms with E-state index < -0.39 is 0 Å². The summed E-state index contributed by atoms with van der Waals surface area (Å²) in [6.45, 7) is 3.44. The van der Waals surface area contributed by atoms with E-state index in [1.165, 1.54) is 0 Å². The van der Waals surface area contributed by atoms with Crippen LogP contribution in [0.4, 0.5) is 0 Å². The van der Waals surface area contributed by atoms with Crippen LogP contribution >= 0.6 is 0 Å². The molecule has 0 aliphatic carbocycles. The van der Waals surface area contributed by atoms with Crippen molar-refractivity contribution in [3.63, 3.8) is 0 Å². The van der Waals surface area contributed by atoms with E-state index in [1.54, 1.807) is 0 Å². The Labute approximate surface area is 103 Å². The molecule has 0 saturated carbocycles. The van der Waals surface area contributed by atoms with Crippen LogP contribution < -0.4 is 14.8 Å². The molecule has 17 heavy (non-hydrogen) atoms. The van der Waals surface area contributed by atoms with Crippen molar-refractivity contribution in [3.05, 3.63) is 24.3 Å². The highest BCUT2D eigenvalue weighted by molar-refractivity contribution is 5.40. The van der Waals surface area contributed by atoms with Gasteiger partial charge in [-0.05, 0) is 26.2 Å². The minimum atomic E-state index is 0.104. The second kappa shape index (κ2) is 5.89. The van der Waals surface area contributed by atoms with Crippen molar-refractivity contribution in [2.45, 2.75) is 6.10 Å². The average Bonchev–Trinajstić information content (AvgIpc) is 2.34. The predicted octanol–water partition coefficient (Wildman–Crippen LogP) is 0.978. The molecule has 4 heteroatoms. The molecule has 0 spiro atoms. The van der Waals surface area contributed by atoms with Gasteiger partial charge in [-0.1, -0.05) is 12.1 Å². The molecule has 0 amide bonds. The maximum atomic E-state index is 5.84. The number of fused-ring (bicyclic) bond motifs is 1. The van der Waals surface area contributed by atoms with Gasteiger partial charge in [0.25, 0.3) is 0 Å². The lowest BCUT2D eigenvalue weighted by atomic mass is 10.2. The van der Waals surface area contributed by atoms with Crippen molar-refractivity contribution >= 4 is 0 Å². The predicted molar refractivity (Wildman–Crippen MR) is 67.8 cm³/mol. The summed E-state index contributed by atoms with van der Waals surface area (Å²) in [6.07, 6.45) is 0.104. The Bertz CT molecular complexity index is 355. The van der Waals surface area contributed by atoms with E-state index in [2.05, 4.69) is 24.3 Å². The van der Waals surface area contributed by atoms with E-state index in [1.807, 2.05) is 24.3 Å². The second-order valence-corrected chi connectivity index (χ2v) is 4.50. The molecule has 1 unspecified atom stereocenters. The molecule has 0 bridgehead atoms. The first-order chi connectivity index (χ1) is 8.25. The van der Waals surface area contributed by atoms with Crippen molar-refractivity contribution in [3.8, 4) is 11.5 Å². The minimum absolute atomic E-state index is 0.104. The quantitative estimate of drug-likeness (QED) is 0.773. The van der Waals surface area contributed by atoms with Crippen LogP contribution in [0.1, 0.15) is 0 Å². The number of nitrogens with zero attached hydrogens (tertiary/aromatic N) is 1. The Hall–Kier alpha value is -1.26. The standard InChI is InChI=1S/C13H20N2O2/c1-15(2)8-7-14-9-11-10-16-12-5-3-4-6-13(12)17-11/h3-6,11,14H,7-10H2,1-2H3. The lowest BCUT2D eigenvalue weighted by Crippen LogP contribution is -2.40. The van der Waals surface area contributed by atoms with Crippen molar-refractivity contribution in [2.75, 3.05) is 40.3 Å². The Kier molecular flexibility index (Phi) is 4.23. The average molecular weight is 236 g/mol. The van der Waals surface area contributed by atoms with Gasteiger partial charge in [0, 0.05) is 19.6 Å². The van der Waals surface area contributed by atoms with E-state index in [0.29, 0.717) is 6.61 Å². The SMILES string of the molecule is CN(C)CCNCC1COc2ccccc2O1. The Morgan fingerprint density at radius 3 is 2.82 bits per heavy atom. The zero-order valence-corrected chi connectivity index (χ0v) is 10.5. The van der Waals surface area contributed by atoms with Crippen LogP contribution in [0.5, 0.6) is 11.5 Å².